The molecular weight excluding hydrogens is 437 g/mol. The molecule has 0 radical (unpaired) electrons. The summed E-state index contributed by atoms with van der Waals surface area (Å²) < 4.78 is 15.5. The molecule has 0 N–H and O–H groups in total. The molecule has 4 aromatic rings. The molecule has 0 aliphatic carbocycles. The predicted molar refractivity (Wildman–Crippen MR) is 126 cm³/mol. The Labute approximate surface area is 195 Å². The van der Waals surface area contributed by atoms with Gasteiger partial charge in [-0.15, -0.1) is 11.3 Å². The Hall–Kier alpha value is -3.39. The van der Waals surface area contributed by atoms with Crippen LogP contribution in [0.25, 0.3) is 22.6 Å². The summed E-state index contributed by atoms with van der Waals surface area (Å²) in [7, 11) is 0. The average molecular weight is 462 g/mol. The molecule has 0 bridgehead atoms. The van der Waals surface area contributed by atoms with E-state index >= 15 is 0 Å². The number of pyridine rings is 1. The molecular formula is C25H24FN5OS. The van der Waals surface area contributed by atoms with Gasteiger partial charge >= 0.3 is 0 Å². The number of rotatable bonds is 4. The van der Waals surface area contributed by atoms with Crippen molar-refractivity contribution >= 4 is 17.2 Å². The van der Waals surface area contributed by atoms with E-state index < -0.39 is 0 Å². The Morgan fingerprint density at radius 1 is 1.09 bits per heavy atom. The van der Waals surface area contributed by atoms with Crippen LogP contribution in [-0.4, -0.2) is 43.6 Å². The number of hydrogen-bond donors (Lipinski definition) is 0. The minimum atomic E-state index is -0.351. The van der Waals surface area contributed by atoms with Crippen LogP contribution in [0.3, 0.4) is 0 Å². The summed E-state index contributed by atoms with van der Waals surface area (Å²) in [5.74, 6) is -0.326. The van der Waals surface area contributed by atoms with E-state index in [1.54, 1.807) is 29.0 Å². The number of aromatic nitrogens is 4. The van der Waals surface area contributed by atoms with Gasteiger partial charge in [-0.05, 0) is 37.1 Å². The maximum atomic E-state index is 13.7. The molecule has 1 aromatic carbocycles. The van der Waals surface area contributed by atoms with Crippen LogP contribution in [0.2, 0.25) is 0 Å². The first-order valence-corrected chi connectivity index (χ1v) is 11.8. The van der Waals surface area contributed by atoms with E-state index in [-0.39, 0.29) is 18.3 Å². The van der Waals surface area contributed by atoms with Crippen LogP contribution in [-0.2, 0) is 24.2 Å². The van der Waals surface area contributed by atoms with E-state index in [9.17, 15) is 9.18 Å². The van der Waals surface area contributed by atoms with E-state index in [2.05, 4.69) is 9.97 Å². The number of carbonyl (C=O) groups is 1. The maximum Gasteiger partial charge on any atom is 0.244 e. The van der Waals surface area contributed by atoms with E-state index in [0.717, 1.165) is 34.8 Å². The second-order valence-corrected chi connectivity index (χ2v) is 9.53. The monoisotopic (exact) mass is 461 g/mol. The van der Waals surface area contributed by atoms with Crippen molar-refractivity contribution < 1.29 is 9.18 Å². The Morgan fingerprint density at radius 2 is 1.88 bits per heavy atom. The standard InChI is InChI=1S/C25H24FN5OS/c1-16-12-21(27-14-19(16)26)22-13-23(18-6-4-3-5-7-18)31(29-22)15-25(32)30-10-8-20-24(9-11-30)33-17(2)28-20/h3-7,12-14H,8-11,15H2,1-2H3. The van der Waals surface area contributed by atoms with Crippen molar-refractivity contribution in [3.05, 3.63) is 75.6 Å². The highest BCUT2D eigenvalue weighted by atomic mass is 32.1. The van der Waals surface area contributed by atoms with Crippen LogP contribution in [0.4, 0.5) is 4.39 Å². The van der Waals surface area contributed by atoms with Gasteiger partial charge in [-0.1, -0.05) is 30.3 Å². The molecule has 1 amide bonds. The molecule has 8 heteroatoms. The molecule has 0 saturated heterocycles. The molecule has 0 saturated carbocycles. The van der Waals surface area contributed by atoms with Crippen LogP contribution in [0.1, 0.15) is 21.1 Å². The molecule has 168 valence electrons. The second kappa shape index (κ2) is 8.86. The van der Waals surface area contributed by atoms with Crippen LogP contribution < -0.4 is 0 Å². The lowest BCUT2D eigenvalue weighted by atomic mass is 10.1. The predicted octanol–water partition coefficient (Wildman–Crippen LogP) is 4.45. The van der Waals surface area contributed by atoms with Crippen molar-refractivity contribution in [2.24, 2.45) is 0 Å². The number of aryl methyl sites for hydroxylation is 2. The van der Waals surface area contributed by atoms with Gasteiger partial charge in [0.1, 0.15) is 18.1 Å². The van der Waals surface area contributed by atoms with Crippen molar-refractivity contribution in [2.75, 3.05) is 13.1 Å². The average Bonchev–Trinajstić information content (AvgIpc) is 3.33. The third kappa shape index (κ3) is 4.43. The Balaban J connectivity index is 1.42. The van der Waals surface area contributed by atoms with Crippen LogP contribution in [0, 0.1) is 19.7 Å². The zero-order valence-electron chi connectivity index (χ0n) is 18.6. The van der Waals surface area contributed by atoms with Gasteiger partial charge in [0.15, 0.2) is 0 Å². The number of thiazole rings is 1. The number of fused-ring (bicyclic) bond motifs is 1. The first-order chi connectivity index (χ1) is 16.0. The molecule has 5 rings (SSSR count). The molecule has 6 nitrogen and oxygen atoms in total. The molecule has 4 heterocycles. The molecule has 1 aliphatic heterocycles. The fourth-order valence-corrected chi connectivity index (χ4v) is 5.12. The zero-order valence-corrected chi connectivity index (χ0v) is 19.4. The van der Waals surface area contributed by atoms with Crippen LogP contribution in [0.5, 0.6) is 0 Å². The van der Waals surface area contributed by atoms with E-state index in [1.165, 1.54) is 11.1 Å². The first-order valence-electron chi connectivity index (χ1n) is 11.0. The van der Waals surface area contributed by atoms with Gasteiger partial charge < -0.3 is 4.90 Å². The third-order valence-corrected chi connectivity index (χ3v) is 6.98. The highest BCUT2D eigenvalue weighted by Gasteiger charge is 2.23. The Kier molecular flexibility index (Phi) is 5.76. The second-order valence-electron chi connectivity index (χ2n) is 8.24. The van der Waals surface area contributed by atoms with Gasteiger partial charge in [0.2, 0.25) is 5.91 Å². The number of nitrogens with zero attached hydrogens (tertiary/aromatic N) is 5. The summed E-state index contributed by atoms with van der Waals surface area (Å²) >= 11 is 1.72. The number of carbonyl (C=O) groups excluding carboxylic acids is 1. The topological polar surface area (TPSA) is 63.9 Å². The normalized spacial score (nSPS) is 13.6. The summed E-state index contributed by atoms with van der Waals surface area (Å²) in [6, 6.07) is 13.4. The van der Waals surface area contributed by atoms with E-state index in [0.29, 0.717) is 30.0 Å². The summed E-state index contributed by atoms with van der Waals surface area (Å²) in [6.45, 7) is 5.20. The first kappa shape index (κ1) is 21.5. The van der Waals surface area contributed by atoms with Gasteiger partial charge in [-0.3, -0.25) is 14.5 Å². The van der Waals surface area contributed by atoms with Crippen LogP contribution >= 0.6 is 11.3 Å². The third-order valence-electron chi connectivity index (χ3n) is 5.91. The minimum Gasteiger partial charge on any atom is -0.340 e. The largest absolute Gasteiger partial charge is 0.340 e. The lowest BCUT2D eigenvalue weighted by Crippen LogP contribution is -2.36. The molecule has 0 atom stereocenters. The smallest absolute Gasteiger partial charge is 0.244 e. The lowest BCUT2D eigenvalue weighted by molar-refractivity contribution is -0.131. The van der Waals surface area contributed by atoms with Gasteiger partial charge in [0.05, 0.1) is 28.3 Å². The van der Waals surface area contributed by atoms with Crippen molar-refractivity contribution in [3.8, 4) is 22.6 Å². The fourth-order valence-electron chi connectivity index (χ4n) is 4.15. The summed E-state index contributed by atoms with van der Waals surface area (Å²) in [6.07, 6.45) is 2.82. The Bertz CT molecular complexity index is 1290. The summed E-state index contributed by atoms with van der Waals surface area (Å²) in [4.78, 5) is 25.3. The summed E-state index contributed by atoms with van der Waals surface area (Å²) in [5, 5.41) is 5.79. The minimum absolute atomic E-state index is 0.0250. The van der Waals surface area contributed by atoms with E-state index in [1.807, 2.05) is 48.2 Å². The molecule has 0 unspecified atom stereocenters. The number of halogens is 1. The van der Waals surface area contributed by atoms with Crippen molar-refractivity contribution in [1.29, 1.82) is 0 Å². The van der Waals surface area contributed by atoms with E-state index in [4.69, 9.17) is 5.10 Å². The van der Waals surface area contributed by atoms with Crippen LogP contribution in [0.15, 0.2) is 48.7 Å². The molecule has 1 aliphatic rings. The van der Waals surface area contributed by atoms with Gasteiger partial charge in [-0.2, -0.15) is 5.10 Å². The fraction of sp³-hybridized carbons (Fsp3) is 0.280. The van der Waals surface area contributed by atoms with Crippen molar-refractivity contribution in [3.63, 3.8) is 0 Å². The molecule has 0 spiro atoms. The summed E-state index contributed by atoms with van der Waals surface area (Å²) in [5.41, 5.74) is 4.61. The van der Waals surface area contributed by atoms with Gasteiger partial charge in [0, 0.05) is 30.8 Å². The highest BCUT2D eigenvalue weighted by Crippen LogP contribution is 2.27. The van der Waals surface area contributed by atoms with Crippen molar-refractivity contribution in [1.82, 2.24) is 24.6 Å². The Morgan fingerprint density at radius 3 is 2.67 bits per heavy atom. The molecule has 0 fully saturated rings. The van der Waals surface area contributed by atoms with Gasteiger partial charge in [0.25, 0.3) is 0 Å². The quantitative estimate of drug-likeness (QED) is 0.450. The SMILES string of the molecule is Cc1nc2c(s1)CCN(C(=O)Cn1nc(-c3cc(C)c(F)cn3)cc1-c1ccccc1)CC2. The number of amides is 1. The lowest BCUT2D eigenvalue weighted by Gasteiger charge is -2.20. The number of hydrogen-bond acceptors (Lipinski definition) is 5. The maximum absolute atomic E-state index is 13.7. The van der Waals surface area contributed by atoms with Gasteiger partial charge in [-0.25, -0.2) is 9.37 Å². The highest BCUT2D eigenvalue weighted by molar-refractivity contribution is 7.11. The zero-order chi connectivity index (χ0) is 22.9. The van der Waals surface area contributed by atoms with Crippen molar-refractivity contribution in [2.45, 2.75) is 33.2 Å². The molecule has 33 heavy (non-hydrogen) atoms. The number of benzene rings is 1. The molecule has 3 aromatic heterocycles.